The van der Waals surface area contributed by atoms with Crippen LogP contribution in [0.1, 0.15) is 17.4 Å². The number of hydrogen-bond acceptors (Lipinski definition) is 5. The summed E-state index contributed by atoms with van der Waals surface area (Å²) in [6.45, 7) is 3.34. The van der Waals surface area contributed by atoms with Crippen molar-refractivity contribution in [1.82, 2.24) is 19.7 Å². The highest BCUT2D eigenvalue weighted by atomic mass is 16.5. The lowest BCUT2D eigenvalue weighted by molar-refractivity contribution is -0.0343. The van der Waals surface area contributed by atoms with E-state index in [0.717, 1.165) is 47.7 Å². The highest BCUT2D eigenvalue weighted by molar-refractivity contribution is 5.66. The fraction of sp³-hybridized carbons (Fsp3) is 0.250. The second kappa shape index (κ2) is 8.26. The molecule has 1 aliphatic rings. The first-order chi connectivity index (χ1) is 14.8. The first-order valence-electron chi connectivity index (χ1n) is 10.2. The van der Waals surface area contributed by atoms with Gasteiger partial charge in [-0.3, -0.25) is 4.90 Å². The molecular formula is C24H24N4O2. The predicted molar refractivity (Wildman–Crippen MR) is 115 cm³/mol. The molecule has 6 nitrogen and oxygen atoms in total. The number of rotatable bonds is 5. The minimum absolute atomic E-state index is 0.0770. The van der Waals surface area contributed by atoms with E-state index in [4.69, 9.17) is 9.47 Å². The highest BCUT2D eigenvalue weighted by Gasteiger charge is 2.26. The van der Waals surface area contributed by atoms with Crippen LogP contribution in [0.3, 0.4) is 0 Å². The smallest absolute Gasteiger partial charge is 0.121 e. The van der Waals surface area contributed by atoms with Crippen molar-refractivity contribution in [3.05, 3.63) is 84.2 Å². The molecule has 0 radical (unpaired) electrons. The number of methoxy groups -OCH3 is 1. The Labute approximate surface area is 175 Å². The average molecular weight is 400 g/mol. The summed E-state index contributed by atoms with van der Waals surface area (Å²) in [5, 5.41) is 8.83. The third-order valence-electron chi connectivity index (χ3n) is 5.57. The zero-order valence-corrected chi connectivity index (χ0v) is 16.9. The Morgan fingerprint density at radius 2 is 1.80 bits per heavy atom. The lowest BCUT2D eigenvalue weighted by atomic mass is 10.1. The standard InChI is InChI=1S/C24H24N4O2/c1-29-21-10-7-19(8-11-21)20-9-12-22-24(25-26-28(22)16-20)23-17-27(13-14-30-23)15-18-5-3-2-4-6-18/h2-12,16,23H,13-15,17H2,1H3. The van der Waals surface area contributed by atoms with Gasteiger partial charge >= 0.3 is 0 Å². The maximum Gasteiger partial charge on any atom is 0.121 e. The molecule has 5 rings (SSSR count). The van der Waals surface area contributed by atoms with E-state index in [2.05, 4.69) is 57.7 Å². The number of aromatic nitrogens is 3. The molecule has 3 heterocycles. The van der Waals surface area contributed by atoms with Gasteiger partial charge in [0.1, 0.15) is 17.5 Å². The second-order valence-corrected chi connectivity index (χ2v) is 7.53. The first kappa shape index (κ1) is 18.8. The van der Waals surface area contributed by atoms with Crippen LogP contribution in [0.25, 0.3) is 16.6 Å². The van der Waals surface area contributed by atoms with Gasteiger partial charge in [0.25, 0.3) is 0 Å². The lowest BCUT2D eigenvalue weighted by Crippen LogP contribution is -2.38. The molecule has 1 atom stereocenters. The number of nitrogens with zero attached hydrogens (tertiary/aromatic N) is 4. The van der Waals surface area contributed by atoms with Crippen molar-refractivity contribution in [3.63, 3.8) is 0 Å². The van der Waals surface area contributed by atoms with E-state index in [1.165, 1.54) is 5.56 Å². The highest BCUT2D eigenvalue weighted by Crippen LogP contribution is 2.28. The van der Waals surface area contributed by atoms with Crippen molar-refractivity contribution in [3.8, 4) is 16.9 Å². The molecular weight excluding hydrogens is 376 g/mol. The minimum atomic E-state index is -0.0770. The summed E-state index contributed by atoms with van der Waals surface area (Å²) >= 11 is 0. The van der Waals surface area contributed by atoms with Gasteiger partial charge in [0, 0.05) is 31.4 Å². The zero-order chi connectivity index (χ0) is 20.3. The maximum atomic E-state index is 6.07. The van der Waals surface area contributed by atoms with Gasteiger partial charge in [-0.2, -0.15) is 0 Å². The summed E-state index contributed by atoms with van der Waals surface area (Å²) in [4.78, 5) is 2.42. The molecule has 0 bridgehead atoms. The molecule has 152 valence electrons. The van der Waals surface area contributed by atoms with Gasteiger partial charge in [-0.05, 0) is 29.3 Å². The van der Waals surface area contributed by atoms with Crippen LogP contribution >= 0.6 is 0 Å². The Bertz CT molecular complexity index is 1130. The molecule has 0 aliphatic carbocycles. The molecule has 6 heteroatoms. The summed E-state index contributed by atoms with van der Waals surface area (Å²) in [5.74, 6) is 0.845. The summed E-state index contributed by atoms with van der Waals surface area (Å²) in [5.41, 5.74) is 5.39. The predicted octanol–water partition coefficient (Wildman–Crippen LogP) is 3.98. The van der Waals surface area contributed by atoms with Gasteiger partial charge in [0.15, 0.2) is 0 Å². The fourth-order valence-corrected chi connectivity index (χ4v) is 3.95. The van der Waals surface area contributed by atoms with Gasteiger partial charge in [-0.15, -0.1) is 5.10 Å². The van der Waals surface area contributed by atoms with Gasteiger partial charge in [-0.1, -0.05) is 53.7 Å². The van der Waals surface area contributed by atoms with Crippen LogP contribution in [0.5, 0.6) is 5.75 Å². The Morgan fingerprint density at radius 3 is 2.60 bits per heavy atom. The van der Waals surface area contributed by atoms with Gasteiger partial charge in [0.2, 0.25) is 0 Å². The maximum absolute atomic E-state index is 6.07. The number of hydrogen-bond donors (Lipinski definition) is 0. The van der Waals surface area contributed by atoms with Crippen molar-refractivity contribution in [2.45, 2.75) is 12.6 Å². The molecule has 0 spiro atoms. The summed E-state index contributed by atoms with van der Waals surface area (Å²) in [6, 6.07) is 22.7. The largest absolute Gasteiger partial charge is 0.497 e. The number of ether oxygens (including phenoxy) is 2. The molecule has 1 fully saturated rings. The summed E-state index contributed by atoms with van der Waals surface area (Å²) in [7, 11) is 1.67. The quantitative estimate of drug-likeness (QED) is 0.507. The van der Waals surface area contributed by atoms with Crippen molar-refractivity contribution in [2.24, 2.45) is 0 Å². The topological polar surface area (TPSA) is 51.9 Å². The Kier molecular flexibility index (Phi) is 5.17. The van der Waals surface area contributed by atoms with Crippen molar-refractivity contribution < 1.29 is 9.47 Å². The zero-order valence-electron chi connectivity index (χ0n) is 16.9. The SMILES string of the molecule is COc1ccc(-c2ccc3c(C4CN(Cc5ccccc5)CCO4)nnn3c2)cc1. The molecule has 0 amide bonds. The molecule has 1 unspecified atom stereocenters. The van der Waals surface area contributed by atoms with E-state index in [9.17, 15) is 0 Å². The molecule has 1 saturated heterocycles. The minimum Gasteiger partial charge on any atom is -0.497 e. The molecule has 1 aliphatic heterocycles. The van der Waals surface area contributed by atoms with Crippen LogP contribution in [0, 0.1) is 0 Å². The van der Waals surface area contributed by atoms with Gasteiger partial charge < -0.3 is 9.47 Å². The number of morpholine rings is 1. The fourth-order valence-electron chi connectivity index (χ4n) is 3.95. The van der Waals surface area contributed by atoms with E-state index < -0.39 is 0 Å². The third-order valence-corrected chi connectivity index (χ3v) is 5.57. The van der Waals surface area contributed by atoms with E-state index >= 15 is 0 Å². The molecule has 2 aromatic heterocycles. The monoisotopic (exact) mass is 400 g/mol. The van der Waals surface area contributed by atoms with Crippen molar-refractivity contribution in [2.75, 3.05) is 26.8 Å². The summed E-state index contributed by atoms with van der Waals surface area (Å²) < 4.78 is 13.2. The van der Waals surface area contributed by atoms with E-state index in [0.29, 0.717) is 6.61 Å². The van der Waals surface area contributed by atoms with Crippen LogP contribution in [0.4, 0.5) is 0 Å². The van der Waals surface area contributed by atoms with Crippen molar-refractivity contribution >= 4 is 5.52 Å². The molecule has 4 aromatic rings. The van der Waals surface area contributed by atoms with Gasteiger partial charge in [0.05, 0.1) is 19.2 Å². The van der Waals surface area contributed by atoms with Crippen LogP contribution in [-0.2, 0) is 11.3 Å². The molecule has 0 saturated carbocycles. The Balaban J connectivity index is 1.36. The van der Waals surface area contributed by atoms with Gasteiger partial charge in [-0.25, -0.2) is 4.52 Å². The Hall–Kier alpha value is -3.22. The molecule has 2 aromatic carbocycles. The molecule has 30 heavy (non-hydrogen) atoms. The van der Waals surface area contributed by atoms with Crippen molar-refractivity contribution in [1.29, 1.82) is 0 Å². The number of pyridine rings is 1. The van der Waals surface area contributed by atoms with Crippen LogP contribution in [0.2, 0.25) is 0 Å². The number of benzene rings is 2. The van der Waals surface area contributed by atoms with E-state index in [1.54, 1.807) is 7.11 Å². The van der Waals surface area contributed by atoms with E-state index in [-0.39, 0.29) is 6.10 Å². The third kappa shape index (κ3) is 3.79. The second-order valence-electron chi connectivity index (χ2n) is 7.53. The van der Waals surface area contributed by atoms with Crippen LogP contribution in [0.15, 0.2) is 72.9 Å². The lowest BCUT2D eigenvalue weighted by Gasteiger charge is -2.32. The van der Waals surface area contributed by atoms with Crippen LogP contribution < -0.4 is 4.74 Å². The summed E-state index contributed by atoms with van der Waals surface area (Å²) in [6.07, 6.45) is 1.94. The average Bonchev–Trinajstić information content (AvgIpc) is 3.23. The first-order valence-corrected chi connectivity index (χ1v) is 10.2. The Morgan fingerprint density at radius 1 is 1.00 bits per heavy atom. The normalized spacial score (nSPS) is 17.3. The molecule has 0 N–H and O–H groups in total. The van der Waals surface area contributed by atoms with Crippen LogP contribution in [-0.4, -0.2) is 46.5 Å². The number of fused-ring (bicyclic) bond motifs is 1. The van der Waals surface area contributed by atoms with E-state index in [1.807, 2.05) is 35.0 Å².